The molecule has 5 nitrogen and oxygen atoms in total. The van der Waals surface area contributed by atoms with Crippen LogP contribution in [0.25, 0.3) is 0 Å². The monoisotopic (exact) mass is 376 g/mol. The predicted octanol–water partition coefficient (Wildman–Crippen LogP) is 4.17. The summed E-state index contributed by atoms with van der Waals surface area (Å²) in [6, 6.07) is 14.3. The summed E-state index contributed by atoms with van der Waals surface area (Å²) in [4.78, 5) is 39.4. The molecule has 0 bridgehead atoms. The molecule has 3 atom stereocenters. The minimum atomic E-state index is -0.220. The van der Waals surface area contributed by atoms with Crippen molar-refractivity contribution < 1.29 is 14.4 Å². The number of fused-ring (bicyclic) bond motifs is 1. The van der Waals surface area contributed by atoms with Gasteiger partial charge in [-0.2, -0.15) is 0 Å². The fraction of sp³-hybridized carbons (Fsp3) is 0.348. The molecule has 2 fully saturated rings. The normalized spacial score (nSPS) is 24.2. The van der Waals surface area contributed by atoms with Gasteiger partial charge in [-0.3, -0.25) is 19.3 Å². The van der Waals surface area contributed by atoms with Gasteiger partial charge in [0, 0.05) is 11.3 Å². The summed E-state index contributed by atoms with van der Waals surface area (Å²) in [5.41, 5.74) is 2.78. The summed E-state index contributed by atoms with van der Waals surface area (Å²) >= 11 is 0. The number of nitrogens with one attached hydrogen (secondary N) is 1. The first-order chi connectivity index (χ1) is 13.5. The molecule has 4 rings (SSSR count). The van der Waals surface area contributed by atoms with Gasteiger partial charge < -0.3 is 5.32 Å². The number of rotatable bonds is 3. The van der Waals surface area contributed by atoms with Crippen LogP contribution in [0.3, 0.4) is 0 Å². The summed E-state index contributed by atoms with van der Waals surface area (Å²) in [5, 5.41) is 2.89. The Morgan fingerprint density at radius 1 is 0.964 bits per heavy atom. The van der Waals surface area contributed by atoms with Crippen molar-refractivity contribution in [2.24, 2.45) is 17.8 Å². The van der Waals surface area contributed by atoms with Crippen LogP contribution in [0, 0.1) is 24.7 Å². The first-order valence-electron chi connectivity index (χ1n) is 9.80. The van der Waals surface area contributed by atoms with Crippen molar-refractivity contribution in [2.45, 2.75) is 33.1 Å². The molecule has 144 valence electrons. The molecular formula is C23H24N2O3. The third-order valence-corrected chi connectivity index (χ3v) is 5.97. The number of carbonyl (C=O) groups is 3. The molecular weight excluding hydrogens is 352 g/mol. The van der Waals surface area contributed by atoms with Gasteiger partial charge in [-0.05, 0) is 68.0 Å². The molecule has 1 aliphatic carbocycles. The van der Waals surface area contributed by atoms with Crippen molar-refractivity contribution in [1.29, 1.82) is 0 Å². The van der Waals surface area contributed by atoms with E-state index >= 15 is 0 Å². The van der Waals surface area contributed by atoms with Crippen LogP contribution >= 0.6 is 0 Å². The third-order valence-electron chi connectivity index (χ3n) is 5.97. The predicted molar refractivity (Wildman–Crippen MR) is 108 cm³/mol. The summed E-state index contributed by atoms with van der Waals surface area (Å²) in [7, 11) is 0. The zero-order valence-corrected chi connectivity index (χ0v) is 16.1. The highest BCUT2D eigenvalue weighted by Crippen LogP contribution is 2.42. The van der Waals surface area contributed by atoms with E-state index in [2.05, 4.69) is 12.2 Å². The molecule has 0 unspecified atom stereocenters. The highest BCUT2D eigenvalue weighted by Gasteiger charge is 2.49. The van der Waals surface area contributed by atoms with Crippen LogP contribution in [0.5, 0.6) is 0 Å². The average molecular weight is 376 g/mol. The SMILES string of the molecule is Cc1ccccc1NC(=O)c1ccc(N2C(=O)[C@@H]3CC[C@H](C)C[C@H]3C2=O)cc1. The number of anilines is 2. The van der Waals surface area contributed by atoms with Crippen LogP contribution in [-0.4, -0.2) is 17.7 Å². The second-order valence-electron chi connectivity index (χ2n) is 7.96. The molecule has 1 N–H and O–H groups in total. The topological polar surface area (TPSA) is 66.5 Å². The van der Waals surface area contributed by atoms with Crippen LogP contribution in [-0.2, 0) is 9.59 Å². The Hall–Kier alpha value is -2.95. The summed E-state index contributed by atoms with van der Waals surface area (Å²) in [6.07, 6.45) is 2.55. The van der Waals surface area contributed by atoms with Gasteiger partial charge in [-0.1, -0.05) is 25.1 Å². The van der Waals surface area contributed by atoms with E-state index in [1.165, 1.54) is 4.90 Å². The van der Waals surface area contributed by atoms with Crippen LogP contribution in [0.15, 0.2) is 48.5 Å². The van der Waals surface area contributed by atoms with Crippen molar-refractivity contribution in [3.63, 3.8) is 0 Å². The lowest BCUT2D eigenvalue weighted by molar-refractivity contribution is -0.122. The fourth-order valence-corrected chi connectivity index (χ4v) is 4.31. The highest BCUT2D eigenvalue weighted by molar-refractivity contribution is 6.22. The summed E-state index contributed by atoms with van der Waals surface area (Å²) in [6.45, 7) is 4.07. The molecule has 3 amide bonds. The van der Waals surface area contributed by atoms with E-state index in [0.717, 1.165) is 30.5 Å². The minimum Gasteiger partial charge on any atom is -0.322 e. The number of nitrogens with zero attached hydrogens (tertiary/aromatic N) is 1. The summed E-state index contributed by atoms with van der Waals surface area (Å²) in [5.74, 6) is -0.321. The molecule has 28 heavy (non-hydrogen) atoms. The maximum Gasteiger partial charge on any atom is 0.255 e. The highest BCUT2D eigenvalue weighted by atomic mass is 16.2. The van der Waals surface area contributed by atoms with Crippen LogP contribution in [0.1, 0.15) is 42.1 Å². The van der Waals surface area contributed by atoms with Crippen LogP contribution in [0.2, 0.25) is 0 Å². The van der Waals surface area contributed by atoms with Gasteiger partial charge in [0.05, 0.1) is 17.5 Å². The van der Waals surface area contributed by atoms with Crippen molar-refractivity contribution in [2.75, 3.05) is 10.2 Å². The van der Waals surface area contributed by atoms with Gasteiger partial charge in [0.2, 0.25) is 11.8 Å². The molecule has 5 heteroatoms. The maximum atomic E-state index is 12.8. The van der Waals surface area contributed by atoms with Crippen LogP contribution < -0.4 is 10.2 Å². The number of hydrogen-bond acceptors (Lipinski definition) is 3. The Morgan fingerprint density at radius 3 is 2.36 bits per heavy atom. The van der Waals surface area contributed by atoms with E-state index in [1.807, 2.05) is 31.2 Å². The quantitative estimate of drug-likeness (QED) is 0.818. The standard InChI is InChI=1S/C23H24N2O3/c1-14-7-12-18-19(13-14)23(28)25(22(18)27)17-10-8-16(9-11-17)21(26)24-20-6-4-3-5-15(20)2/h3-6,8-11,14,18-19H,7,12-13H2,1-2H3,(H,24,26)/t14-,18+,19+/m0/s1. The Bertz CT molecular complexity index is 935. The first-order valence-corrected chi connectivity index (χ1v) is 9.80. The zero-order chi connectivity index (χ0) is 19.8. The number of imide groups is 1. The van der Waals surface area contributed by atoms with E-state index in [-0.39, 0.29) is 29.6 Å². The van der Waals surface area contributed by atoms with E-state index < -0.39 is 0 Å². The molecule has 1 heterocycles. The molecule has 1 saturated carbocycles. The molecule has 0 radical (unpaired) electrons. The Kier molecular flexibility index (Phi) is 4.75. The summed E-state index contributed by atoms with van der Waals surface area (Å²) < 4.78 is 0. The Labute approximate surface area is 164 Å². The average Bonchev–Trinajstić information content (AvgIpc) is 2.93. The van der Waals surface area contributed by atoms with E-state index in [4.69, 9.17) is 0 Å². The molecule has 0 aromatic heterocycles. The number of amides is 3. The van der Waals surface area contributed by atoms with Crippen molar-refractivity contribution in [3.8, 4) is 0 Å². The minimum absolute atomic E-state index is 0.0981. The van der Waals surface area contributed by atoms with Crippen molar-refractivity contribution >= 4 is 29.1 Å². The largest absolute Gasteiger partial charge is 0.322 e. The molecule has 1 aliphatic heterocycles. The number of aryl methyl sites for hydroxylation is 1. The number of carbonyl (C=O) groups excluding carboxylic acids is 3. The van der Waals surface area contributed by atoms with Crippen LogP contribution in [0.4, 0.5) is 11.4 Å². The lowest BCUT2D eigenvalue weighted by Crippen LogP contribution is -2.30. The molecule has 0 spiro atoms. The van der Waals surface area contributed by atoms with Crippen molar-refractivity contribution in [1.82, 2.24) is 0 Å². The lowest BCUT2D eigenvalue weighted by atomic mass is 9.76. The molecule has 2 aromatic carbocycles. The number of benzene rings is 2. The van der Waals surface area contributed by atoms with Gasteiger partial charge in [0.25, 0.3) is 5.91 Å². The first kappa shape index (κ1) is 18.4. The van der Waals surface area contributed by atoms with E-state index in [1.54, 1.807) is 24.3 Å². The van der Waals surface area contributed by atoms with Gasteiger partial charge >= 0.3 is 0 Å². The maximum absolute atomic E-state index is 12.8. The second-order valence-corrected chi connectivity index (χ2v) is 7.96. The Morgan fingerprint density at radius 2 is 1.64 bits per heavy atom. The molecule has 1 saturated heterocycles. The van der Waals surface area contributed by atoms with Gasteiger partial charge in [0.1, 0.15) is 0 Å². The number of hydrogen-bond donors (Lipinski definition) is 1. The molecule has 2 aliphatic rings. The fourth-order valence-electron chi connectivity index (χ4n) is 4.31. The molecule has 2 aromatic rings. The smallest absolute Gasteiger partial charge is 0.255 e. The van der Waals surface area contributed by atoms with Crippen molar-refractivity contribution in [3.05, 3.63) is 59.7 Å². The second kappa shape index (κ2) is 7.23. The third kappa shape index (κ3) is 3.21. The van der Waals surface area contributed by atoms with E-state index in [0.29, 0.717) is 17.2 Å². The number of para-hydroxylation sites is 1. The van der Waals surface area contributed by atoms with Gasteiger partial charge in [0.15, 0.2) is 0 Å². The van der Waals surface area contributed by atoms with E-state index in [9.17, 15) is 14.4 Å². The Balaban J connectivity index is 1.52. The zero-order valence-electron chi connectivity index (χ0n) is 16.1. The van der Waals surface area contributed by atoms with Gasteiger partial charge in [-0.15, -0.1) is 0 Å². The van der Waals surface area contributed by atoms with Gasteiger partial charge in [-0.25, -0.2) is 0 Å². The lowest BCUT2D eigenvalue weighted by Gasteiger charge is -2.25.